The molecule has 1 rings (SSSR count). The quantitative estimate of drug-likeness (QED) is 0.452. The molecule has 0 aliphatic rings. The molecular formula is C12H14ClNO4. The molecule has 0 aliphatic heterocycles. The monoisotopic (exact) mass is 271 g/mol. The van der Waals surface area contributed by atoms with Gasteiger partial charge in [-0.2, -0.15) is 0 Å². The van der Waals surface area contributed by atoms with E-state index in [1.54, 1.807) is 0 Å². The van der Waals surface area contributed by atoms with Crippen LogP contribution in [0.4, 0.5) is 5.69 Å². The van der Waals surface area contributed by atoms with E-state index in [0.29, 0.717) is 12.5 Å². The minimum atomic E-state index is -0.730. The van der Waals surface area contributed by atoms with E-state index in [2.05, 4.69) is 0 Å². The fraction of sp³-hybridized carbons (Fsp3) is 0.417. The summed E-state index contributed by atoms with van der Waals surface area (Å²) in [6.45, 7) is 4.47. The number of nitro groups is 1. The van der Waals surface area contributed by atoms with Crippen molar-refractivity contribution in [2.45, 2.75) is 20.3 Å². The van der Waals surface area contributed by atoms with Crippen LogP contribution in [0.3, 0.4) is 0 Å². The molecule has 98 valence electrons. The van der Waals surface area contributed by atoms with Crippen molar-refractivity contribution in [3.63, 3.8) is 0 Å². The minimum absolute atomic E-state index is 0.0829. The summed E-state index contributed by atoms with van der Waals surface area (Å²) in [5.41, 5.74) is -0.162. The Hall–Kier alpha value is -1.62. The molecular weight excluding hydrogens is 258 g/mol. The van der Waals surface area contributed by atoms with Gasteiger partial charge in [0.1, 0.15) is 0 Å². The van der Waals surface area contributed by atoms with Crippen molar-refractivity contribution in [3.05, 3.63) is 33.9 Å². The summed E-state index contributed by atoms with van der Waals surface area (Å²) in [7, 11) is 0. The Kier molecular flexibility index (Phi) is 5.09. The van der Waals surface area contributed by atoms with Gasteiger partial charge in [0, 0.05) is 11.6 Å². The van der Waals surface area contributed by atoms with Gasteiger partial charge in [-0.1, -0.05) is 13.8 Å². The first kappa shape index (κ1) is 14.4. The fourth-order valence-electron chi connectivity index (χ4n) is 1.31. The number of benzene rings is 1. The van der Waals surface area contributed by atoms with Crippen molar-refractivity contribution >= 4 is 22.5 Å². The number of hydrogen-bond acceptors (Lipinski definition) is 4. The number of hydrogen-bond donors (Lipinski definition) is 0. The predicted octanol–water partition coefficient (Wildman–Crippen LogP) is 3.40. The highest BCUT2D eigenvalue weighted by molar-refractivity contribution is 6.67. The second-order valence-corrected chi connectivity index (χ2v) is 4.59. The fourth-order valence-corrected chi connectivity index (χ4v) is 1.43. The minimum Gasteiger partial charge on any atom is -0.487 e. The molecule has 0 fully saturated rings. The van der Waals surface area contributed by atoms with Crippen molar-refractivity contribution in [3.8, 4) is 5.75 Å². The third kappa shape index (κ3) is 4.00. The lowest BCUT2D eigenvalue weighted by atomic mass is 10.1. The molecule has 6 heteroatoms. The highest BCUT2D eigenvalue weighted by Crippen LogP contribution is 2.28. The van der Waals surface area contributed by atoms with E-state index < -0.39 is 10.2 Å². The first-order valence-corrected chi connectivity index (χ1v) is 5.90. The van der Waals surface area contributed by atoms with Crippen molar-refractivity contribution in [1.29, 1.82) is 0 Å². The molecule has 5 nitrogen and oxygen atoms in total. The van der Waals surface area contributed by atoms with Crippen molar-refractivity contribution in [2.24, 2.45) is 5.92 Å². The summed E-state index contributed by atoms with van der Waals surface area (Å²) in [5, 5.41) is 10.1. The first-order chi connectivity index (χ1) is 8.41. The van der Waals surface area contributed by atoms with Crippen LogP contribution in [0.2, 0.25) is 0 Å². The van der Waals surface area contributed by atoms with Gasteiger partial charge in [0.25, 0.3) is 5.24 Å². The van der Waals surface area contributed by atoms with Crippen molar-refractivity contribution < 1.29 is 14.5 Å². The van der Waals surface area contributed by atoms with Crippen LogP contribution in [0, 0.1) is 16.0 Å². The molecule has 0 radical (unpaired) electrons. The molecule has 0 saturated heterocycles. The van der Waals surface area contributed by atoms with Crippen LogP contribution in [0.25, 0.3) is 0 Å². The van der Waals surface area contributed by atoms with Gasteiger partial charge in [-0.3, -0.25) is 14.9 Å². The van der Waals surface area contributed by atoms with Gasteiger partial charge in [0.2, 0.25) is 0 Å². The van der Waals surface area contributed by atoms with Crippen molar-refractivity contribution in [1.82, 2.24) is 0 Å². The molecule has 1 aromatic rings. The molecule has 0 spiro atoms. The van der Waals surface area contributed by atoms with Crippen LogP contribution >= 0.6 is 11.6 Å². The van der Waals surface area contributed by atoms with E-state index in [-0.39, 0.29) is 17.0 Å². The van der Waals surface area contributed by atoms with E-state index in [9.17, 15) is 14.9 Å². The number of rotatable bonds is 6. The maximum atomic E-state index is 10.9. The summed E-state index contributed by atoms with van der Waals surface area (Å²) in [6.07, 6.45) is 0.799. The Morgan fingerprint density at radius 2 is 2.17 bits per heavy atom. The Bertz CT molecular complexity index is 459. The maximum absolute atomic E-state index is 10.9. The molecule has 1 aromatic carbocycles. The average molecular weight is 272 g/mol. The molecule has 18 heavy (non-hydrogen) atoms. The lowest BCUT2D eigenvalue weighted by Crippen LogP contribution is -2.04. The number of nitro benzene ring substituents is 1. The van der Waals surface area contributed by atoms with Gasteiger partial charge in [-0.15, -0.1) is 0 Å². The van der Waals surface area contributed by atoms with Gasteiger partial charge in [0.05, 0.1) is 11.5 Å². The van der Waals surface area contributed by atoms with Gasteiger partial charge < -0.3 is 4.74 Å². The zero-order valence-electron chi connectivity index (χ0n) is 10.2. The Morgan fingerprint density at radius 3 is 2.67 bits per heavy atom. The van der Waals surface area contributed by atoms with Gasteiger partial charge in [-0.25, -0.2) is 0 Å². The Morgan fingerprint density at radius 1 is 1.50 bits per heavy atom. The molecule has 0 saturated carbocycles. The average Bonchev–Trinajstić information content (AvgIpc) is 2.28. The highest BCUT2D eigenvalue weighted by Gasteiger charge is 2.18. The molecule has 0 aliphatic carbocycles. The summed E-state index contributed by atoms with van der Waals surface area (Å²) < 4.78 is 5.35. The van der Waals surface area contributed by atoms with Crippen LogP contribution in [-0.2, 0) is 0 Å². The number of carbonyl (C=O) groups is 1. The zero-order valence-corrected chi connectivity index (χ0v) is 10.9. The zero-order chi connectivity index (χ0) is 13.7. The van der Waals surface area contributed by atoms with Crippen LogP contribution in [-0.4, -0.2) is 16.8 Å². The third-order valence-electron chi connectivity index (χ3n) is 2.34. The van der Waals surface area contributed by atoms with E-state index in [0.717, 1.165) is 12.5 Å². The summed E-state index contributed by atoms with van der Waals surface area (Å²) in [5.74, 6) is 0.607. The number of carbonyl (C=O) groups excluding carboxylic acids is 1. The smallest absolute Gasteiger partial charge is 0.311 e. The SMILES string of the molecule is CC(C)CCOc1ccc(C(=O)Cl)cc1[N+](=O)[O-]. The maximum Gasteiger partial charge on any atom is 0.311 e. The second kappa shape index (κ2) is 6.35. The van der Waals surface area contributed by atoms with Crippen LogP contribution in [0.15, 0.2) is 18.2 Å². The predicted molar refractivity (Wildman–Crippen MR) is 68.2 cm³/mol. The number of nitrogens with zero attached hydrogens (tertiary/aromatic N) is 1. The molecule has 0 N–H and O–H groups in total. The molecule has 0 heterocycles. The van der Waals surface area contributed by atoms with Gasteiger partial charge in [-0.05, 0) is 36.1 Å². The normalized spacial score (nSPS) is 10.4. The second-order valence-electron chi connectivity index (χ2n) is 4.24. The largest absolute Gasteiger partial charge is 0.487 e. The lowest BCUT2D eigenvalue weighted by molar-refractivity contribution is -0.385. The first-order valence-electron chi connectivity index (χ1n) is 5.53. The highest BCUT2D eigenvalue weighted by atomic mass is 35.5. The molecule has 0 atom stereocenters. The third-order valence-corrected chi connectivity index (χ3v) is 2.55. The molecule has 0 bridgehead atoms. The van der Waals surface area contributed by atoms with Crippen LogP contribution in [0.5, 0.6) is 5.75 Å². The van der Waals surface area contributed by atoms with E-state index in [1.807, 2.05) is 13.8 Å². The van der Waals surface area contributed by atoms with Gasteiger partial charge >= 0.3 is 5.69 Å². The molecule has 0 amide bonds. The number of halogens is 1. The van der Waals surface area contributed by atoms with Crippen LogP contribution in [0.1, 0.15) is 30.6 Å². The van der Waals surface area contributed by atoms with Crippen molar-refractivity contribution in [2.75, 3.05) is 6.61 Å². The van der Waals surface area contributed by atoms with Gasteiger partial charge in [0.15, 0.2) is 5.75 Å². The standard InChI is InChI=1S/C12H14ClNO4/c1-8(2)5-6-18-11-4-3-9(12(13)15)7-10(11)14(16)17/h3-4,7-8H,5-6H2,1-2H3. The number of ether oxygens (including phenoxy) is 1. The lowest BCUT2D eigenvalue weighted by Gasteiger charge is -2.08. The topological polar surface area (TPSA) is 69.4 Å². The van der Waals surface area contributed by atoms with Crippen LogP contribution < -0.4 is 4.74 Å². The Balaban J connectivity index is 2.90. The van der Waals surface area contributed by atoms with E-state index in [4.69, 9.17) is 16.3 Å². The molecule has 0 unspecified atom stereocenters. The summed E-state index contributed by atoms with van der Waals surface area (Å²) in [4.78, 5) is 21.2. The van der Waals surface area contributed by atoms with E-state index in [1.165, 1.54) is 12.1 Å². The summed E-state index contributed by atoms with van der Waals surface area (Å²) >= 11 is 5.28. The Labute approximate surface area is 110 Å². The molecule has 0 aromatic heterocycles. The van der Waals surface area contributed by atoms with E-state index >= 15 is 0 Å². The summed E-state index contributed by atoms with van der Waals surface area (Å²) in [6, 6.07) is 3.93.